The molecule has 1 aromatic heterocycles. The minimum absolute atomic E-state index is 0.525. The van der Waals surface area contributed by atoms with Crippen LogP contribution in [-0.2, 0) is 31.6 Å². The molecule has 7 atom stereocenters. The lowest BCUT2D eigenvalue weighted by Gasteiger charge is -2.28. The molecule has 0 saturated carbocycles. The Hall–Kier alpha value is -1.54. The van der Waals surface area contributed by atoms with Gasteiger partial charge in [0.1, 0.15) is 12.2 Å². The lowest BCUT2D eigenvalue weighted by Crippen LogP contribution is -2.55. The van der Waals surface area contributed by atoms with Crippen molar-refractivity contribution in [3.63, 3.8) is 0 Å². The number of anilines is 1. The average molecular weight is 552 g/mol. The summed E-state index contributed by atoms with van der Waals surface area (Å²) in [5.41, 5.74) is 8.06. The van der Waals surface area contributed by atoms with Gasteiger partial charge in [-0.2, -0.15) is 13.6 Å². The number of ether oxygens (including phenoxy) is 1. The highest BCUT2D eigenvalue weighted by molar-refractivity contribution is 7.66. The number of phosphoric acid groups is 3. The number of aromatic nitrogens is 2. The number of rotatable bonds is 8. The normalized spacial score (nSPS) is 29.5. The van der Waals surface area contributed by atoms with Gasteiger partial charge in [-0.05, 0) is 13.8 Å². The van der Waals surface area contributed by atoms with Crippen LogP contribution in [0.15, 0.2) is 11.0 Å². The van der Waals surface area contributed by atoms with E-state index in [1.54, 1.807) is 0 Å². The van der Waals surface area contributed by atoms with E-state index in [4.69, 9.17) is 26.0 Å². The molecule has 1 aliphatic heterocycles. The summed E-state index contributed by atoms with van der Waals surface area (Å²) in [5, 5.41) is 10.7. The quantitative estimate of drug-likeness (QED) is 0.145. The number of phosphoric ester groups is 1. The summed E-state index contributed by atoms with van der Waals surface area (Å²) in [5.74, 6) is 2.90. The van der Waals surface area contributed by atoms with Crippen molar-refractivity contribution in [2.24, 2.45) is 5.73 Å². The van der Waals surface area contributed by atoms with Crippen LogP contribution in [0, 0.1) is 17.7 Å². The van der Waals surface area contributed by atoms with Gasteiger partial charge < -0.3 is 40.9 Å². The van der Waals surface area contributed by atoms with E-state index in [-0.39, 0.29) is 0 Å². The SMILES string of the molecule is CC#CC1(N)[C@@H](O)[C@@H]([C@@H](C)OP(=O)(O)OP(=O)(O)OP(=O)(O)O)O[C@H]1n1cc(F)c(N)nc1=O. The molecule has 17 nitrogen and oxygen atoms in total. The van der Waals surface area contributed by atoms with E-state index < -0.39 is 70.9 Å². The molecule has 1 aliphatic rings. The molecule has 0 spiro atoms. The monoisotopic (exact) mass is 552 g/mol. The molecular formula is C13H20FN4O13P3. The molecule has 0 bridgehead atoms. The van der Waals surface area contributed by atoms with E-state index >= 15 is 0 Å². The van der Waals surface area contributed by atoms with Crippen molar-refractivity contribution in [1.29, 1.82) is 0 Å². The topological polar surface area (TPSA) is 276 Å². The van der Waals surface area contributed by atoms with Crippen molar-refractivity contribution in [1.82, 2.24) is 9.55 Å². The molecule has 2 heterocycles. The zero-order valence-corrected chi connectivity index (χ0v) is 19.8. The lowest BCUT2D eigenvalue weighted by molar-refractivity contribution is -0.0756. The van der Waals surface area contributed by atoms with E-state index in [1.165, 1.54) is 6.92 Å². The Morgan fingerprint density at radius 3 is 2.38 bits per heavy atom. The molecule has 1 fully saturated rings. The van der Waals surface area contributed by atoms with E-state index in [0.717, 1.165) is 6.92 Å². The van der Waals surface area contributed by atoms with Crippen molar-refractivity contribution in [3.8, 4) is 11.8 Å². The third kappa shape index (κ3) is 6.56. The van der Waals surface area contributed by atoms with Crippen LogP contribution in [0.2, 0.25) is 0 Å². The summed E-state index contributed by atoms with van der Waals surface area (Å²) in [6.45, 7) is 2.31. The van der Waals surface area contributed by atoms with E-state index in [0.29, 0.717) is 10.8 Å². The number of aliphatic hydroxyl groups excluding tert-OH is 1. The van der Waals surface area contributed by atoms with Crippen molar-refractivity contribution in [2.45, 2.75) is 43.9 Å². The van der Waals surface area contributed by atoms with Crippen LogP contribution in [0.25, 0.3) is 0 Å². The molecule has 21 heteroatoms. The first-order chi connectivity index (χ1) is 15.3. The predicted octanol–water partition coefficient (Wildman–Crippen LogP) is -1.32. The smallest absolute Gasteiger partial charge is 0.387 e. The average Bonchev–Trinajstić information content (AvgIpc) is 2.86. The zero-order chi connectivity index (χ0) is 26.3. The van der Waals surface area contributed by atoms with E-state index in [9.17, 15) is 37.8 Å². The van der Waals surface area contributed by atoms with Gasteiger partial charge in [0.25, 0.3) is 0 Å². The minimum Gasteiger partial charge on any atom is -0.387 e. The summed E-state index contributed by atoms with van der Waals surface area (Å²) in [6.07, 6.45) is -6.47. The van der Waals surface area contributed by atoms with Gasteiger partial charge in [0.15, 0.2) is 23.4 Å². The van der Waals surface area contributed by atoms with Gasteiger partial charge in [0.05, 0.1) is 12.3 Å². The van der Waals surface area contributed by atoms with Crippen LogP contribution in [0.3, 0.4) is 0 Å². The van der Waals surface area contributed by atoms with Gasteiger partial charge in [0.2, 0.25) is 0 Å². The van der Waals surface area contributed by atoms with Gasteiger partial charge >= 0.3 is 29.2 Å². The Kier molecular flexibility index (Phi) is 8.31. The summed E-state index contributed by atoms with van der Waals surface area (Å²) >= 11 is 0. The third-order valence-electron chi connectivity index (χ3n) is 4.20. The molecule has 0 radical (unpaired) electrons. The van der Waals surface area contributed by atoms with Gasteiger partial charge in [-0.3, -0.25) is 9.09 Å². The maximum atomic E-state index is 13.9. The van der Waals surface area contributed by atoms with Gasteiger partial charge in [-0.25, -0.2) is 22.9 Å². The summed E-state index contributed by atoms with van der Waals surface area (Å²) in [6, 6.07) is 0. The second kappa shape index (κ2) is 9.84. The highest BCUT2D eigenvalue weighted by atomic mass is 31.3. The Morgan fingerprint density at radius 2 is 1.85 bits per heavy atom. The predicted molar refractivity (Wildman–Crippen MR) is 108 cm³/mol. The summed E-state index contributed by atoms with van der Waals surface area (Å²) in [4.78, 5) is 51.5. The fraction of sp³-hybridized carbons (Fsp3) is 0.538. The molecule has 34 heavy (non-hydrogen) atoms. The largest absolute Gasteiger partial charge is 0.490 e. The molecule has 2 rings (SSSR count). The van der Waals surface area contributed by atoms with E-state index in [2.05, 4.69) is 30.0 Å². The fourth-order valence-electron chi connectivity index (χ4n) is 2.96. The van der Waals surface area contributed by atoms with Crippen molar-refractivity contribution < 1.29 is 60.6 Å². The van der Waals surface area contributed by atoms with Crippen LogP contribution in [0.1, 0.15) is 20.1 Å². The van der Waals surface area contributed by atoms with Crippen LogP contribution in [0.5, 0.6) is 0 Å². The number of nitrogen functional groups attached to an aromatic ring is 1. The Balaban J connectivity index is 2.35. The maximum absolute atomic E-state index is 13.9. The molecule has 9 N–H and O–H groups in total. The second-order valence-corrected chi connectivity index (χ2v) is 11.1. The van der Waals surface area contributed by atoms with Crippen molar-refractivity contribution in [3.05, 3.63) is 22.5 Å². The maximum Gasteiger partial charge on any atom is 0.490 e. The Labute approximate surface area is 189 Å². The zero-order valence-electron chi connectivity index (χ0n) is 17.2. The number of nitrogens with two attached hydrogens (primary N) is 2. The molecule has 192 valence electrons. The molecule has 0 aliphatic carbocycles. The molecule has 0 aromatic carbocycles. The Morgan fingerprint density at radius 1 is 1.26 bits per heavy atom. The van der Waals surface area contributed by atoms with Crippen molar-refractivity contribution >= 4 is 29.3 Å². The highest BCUT2D eigenvalue weighted by Crippen LogP contribution is 2.66. The van der Waals surface area contributed by atoms with Crippen LogP contribution >= 0.6 is 23.5 Å². The van der Waals surface area contributed by atoms with Crippen LogP contribution < -0.4 is 17.2 Å². The second-order valence-electron chi connectivity index (χ2n) is 6.77. The molecule has 3 unspecified atom stereocenters. The van der Waals surface area contributed by atoms with Gasteiger partial charge in [-0.1, -0.05) is 5.92 Å². The molecule has 0 amide bonds. The number of aliphatic hydroxyl groups is 1. The van der Waals surface area contributed by atoms with E-state index in [1.807, 2.05) is 0 Å². The standard InChI is InChI=1S/C13H20FN4O13P3/c1-3-4-13(16)9(19)8(28-11(13)18-5-7(14)10(15)17-12(18)20)6(2)29-33(24,25)31-34(26,27)30-32(21,22)23/h5-6,8-9,11,19H,16H2,1-2H3,(H,24,25)(H,26,27)(H2,15,17,20)(H2,21,22,23)/t6-,8-,9+,11-,13?/m1/s1. The lowest BCUT2D eigenvalue weighted by atomic mass is 9.90. The van der Waals surface area contributed by atoms with Crippen LogP contribution in [0.4, 0.5) is 10.2 Å². The number of hydrogen-bond acceptors (Lipinski definition) is 12. The number of hydrogen-bond donors (Lipinski definition) is 7. The summed E-state index contributed by atoms with van der Waals surface area (Å²) in [7, 11) is -17.0. The number of halogens is 1. The molecular weight excluding hydrogens is 532 g/mol. The minimum atomic E-state index is -5.81. The first kappa shape index (κ1) is 28.7. The molecule has 1 aromatic rings. The van der Waals surface area contributed by atoms with Gasteiger partial charge in [-0.15, -0.1) is 5.92 Å². The van der Waals surface area contributed by atoms with Crippen molar-refractivity contribution in [2.75, 3.05) is 5.73 Å². The molecule has 1 saturated heterocycles. The first-order valence-electron chi connectivity index (χ1n) is 8.74. The first-order valence-corrected chi connectivity index (χ1v) is 13.3. The van der Waals surface area contributed by atoms with Crippen LogP contribution in [-0.4, -0.2) is 58.1 Å². The van der Waals surface area contributed by atoms with Gasteiger partial charge in [0, 0.05) is 0 Å². The Bertz CT molecular complexity index is 1210. The number of nitrogens with zero attached hydrogens (tertiary/aromatic N) is 2. The third-order valence-corrected chi connectivity index (χ3v) is 8.13. The summed E-state index contributed by atoms with van der Waals surface area (Å²) < 4.78 is 66.0. The fourth-order valence-corrected chi connectivity index (χ4v) is 6.16. The highest BCUT2D eigenvalue weighted by Gasteiger charge is 2.57.